The largest absolute Gasteiger partial charge is 0.495 e. The zero-order valence-corrected chi connectivity index (χ0v) is 17.3. The van der Waals surface area contributed by atoms with Crippen LogP contribution in [0.2, 0.25) is 0 Å². The fourth-order valence-electron chi connectivity index (χ4n) is 3.55. The van der Waals surface area contributed by atoms with Gasteiger partial charge in [0.2, 0.25) is 5.91 Å². The second-order valence-corrected chi connectivity index (χ2v) is 7.12. The fraction of sp³-hybridized carbons (Fsp3) is 0.286. The molecule has 0 aliphatic carbocycles. The topological polar surface area (TPSA) is 95.8 Å². The third kappa shape index (κ3) is 3.49. The summed E-state index contributed by atoms with van der Waals surface area (Å²) in [6, 6.07) is 9.22. The summed E-state index contributed by atoms with van der Waals surface area (Å²) in [6.07, 6.45) is 2.44. The molecule has 0 spiro atoms. The van der Waals surface area contributed by atoms with Gasteiger partial charge in [0.05, 0.1) is 24.6 Å². The van der Waals surface area contributed by atoms with Crippen LogP contribution in [-0.2, 0) is 4.79 Å². The Bertz CT molecular complexity index is 1110. The molecule has 1 atom stereocenters. The molecular weight excluding hydrogens is 382 g/mol. The zero-order valence-electron chi connectivity index (χ0n) is 17.3. The van der Waals surface area contributed by atoms with Crippen LogP contribution in [0.15, 0.2) is 43.1 Å². The van der Waals surface area contributed by atoms with E-state index in [1.807, 2.05) is 37.4 Å². The van der Waals surface area contributed by atoms with Crippen LogP contribution in [0.4, 0.5) is 17.3 Å². The Labute approximate surface area is 174 Å². The summed E-state index contributed by atoms with van der Waals surface area (Å²) in [6.45, 7) is 4.86. The highest BCUT2D eigenvalue weighted by atomic mass is 16.5. The number of methoxy groups -OCH3 is 1. The number of nitrogens with zero attached hydrogens (tertiary/aromatic N) is 4. The van der Waals surface area contributed by atoms with E-state index in [-0.39, 0.29) is 11.9 Å². The Hall–Kier alpha value is -3.75. The Morgan fingerprint density at radius 3 is 2.83 bits per heavy atom. The number of para-hydroxylation sites is 2. The number of nitrogens with one attached hydrogen (secondary N) is 3. The van der Waals surface area contributed by atoms with Crippen molar-refractivity contribution in [3.63, 3.8) is 0 Å². The first-order chi connectivity index (χ1) is 14.5. The van der Waals surface area contributed by atoms with Crippen molar-refractivity contribution in [3.05, 3.63) is 48.7 Å². The molecule has 2 aromatic heterocycles. The van der Waals surface area contributed by atoms with Gasteiger partial charge in [-0.15, -0.1) is 0 Å². The lowest BCUT2D eigenvalue weighted by molar-refractivity contribution is -0.128. The number of carbonyl (C=O) groups excluding carboxylic acids is 1. The molecule has 3 N–H and O–H groups in total. The molecule has 1 aliphatic rings. The van der Waals surface area contributed by atoms with Gasteiger partial charge in [0.25, 0.3) is 0 Å². The van der Waals surface area contributed by atoms with Crippen molar-refractivity contribution in [1.82, 2.24) is 24.8 Å². The quantitative estimate of drug-likeness (QED) is 0.553. The molecule has 0 bridgehead atoms. The molecule has 1 aromatic carbocycles. The van der Waals surface area contributed by atoms with Crippen LogP contribution in [0.25, 0.3) is 11.3 Å². The smallest absolute Gasteiger partial charge is 0.244 e. The minimum absolute atomic E-state index is 0.0648. The molecule has 156 valence electrons. The van der Waals surface area contributed by atoms with Gasteiger partial charge in [0.1, 0.15) is 23.4 Å². The second kappa shape index (κ2) is 7.94. The number of aromatic nitrogens is 3. The number of hydrogen-bond donors (Lipinski definition) is 3. The molecule has 9 heteroatoms. The van der Waals surface area contributed by atoms with E-state index in [1.165, 1.54) is 0 Å². The summed E-state index contributed by atoms with van der Waals surface area (Å²) in [5.41, 5.74) is 2.77. The number of likely N-dealkylation sites (tertiary alicyclic amines) is 1. The summed E-state index contributed by atoms with van der Waals surface area (Å²) in [7, 11) is 5.25. The van der Waals surface area contributed by atoms with E-state index < -0.39 is 0 Å². The van der Waals surface area contributed by atoms with Gasteiger partial charge in [-0.2, -0.15) is 9.61 Å². The van der Waals surface area contributed by atoms with E-state index in [0.717, 1.165) is 30.0 Å². The van der Waals surface area contributed by atoms with Crippen LogP contribution >= 0.6 is 0 Å². The maximum atomic E-state index is 12.2. The Balaban J connectivity index is 1.67. The third-order valence-corrected chi connectivity index (χ3v) is 5.20. The van der Waals surface area contributed by atoms with Gasteiger partial charge in [-0.05, 0) is 18.6 Å². The highest BCUT2D eigenvalue weighted by molar-refractivity contribution is 5.86. The van der Waals surface area contributed by atoms with Crippen molar-refractivity contribution in [2.75, 3.05) is 38.4 Å². The Morgan fingerprint density at radius 2 is 2.13 bits per heavy atom. The van der Waals surface area contributed by atoms with Crippen LogP contribution in [-0.4, -0.2) is 59.2 Å². The molecule has 1 amide bonds. The standard InChI is InChI=1S/C21H25N7O2/c1-13(24-16-9-10-27(3)21(16)29)14-12-23-28-19(22-2)11-18(26-20(14)28)25-15-7-5-6-8-17(15)30-4/h5-8,11-12,16,22,24H,1,9-10H2,2-4H3,(H,25,26). The number of carbonyl (C=O) groups is 1. The van der Waals surface area contributed by atoms with E-state index in [9.17, 15) is 4.79 Å². The molecule has 4 rings (SSSR count). The molecule has 1 saturated heterocycles. The molecule has 0 saturated carbocycles. The minimum atomic E-state index is -0.281. The molecule has 1 fully saturated rings. The van der Waals surface area contributed by atoms with E-state index in [4.69, 9.17) is 9.72 Å². The summed E-state index contributed by atoms with van der Waals surface area (Å²) in [5.74, 6) is 2.17. The lowest BCUT2D eigenvalue weighted by Crippen LogP contribution is -2.35. The minimum Gasteiger partial charge on any atom is -0.495 e. The van der Waals surface area contributed by atoms with Crippen molar-refractivity contribution >= 4 is 34.6 Å². The summed E-state index contributed by atoms with van der Waals surface area (Å²) >= 11 is 0. The highest BCUT2D eigenvalue weighted by Gasteiger charge is 2.29. The van der Waals surface area contributed by atoms with Crippen LogP contribution in [0.1, 0.15) is 12.0 Å². The van der Waals surface area contributed by atoms with Crippen molar-refractivity contribution in [1.29, 1.82) is 0 Å². The van der Waals surface area contributed by atoms with Crippen LogP contribution in [0.3, 0.4) is 0 Å². The maximum Gasteiger partial charge on any atom is 0.244 e. The average molecular weight is 407 g/mol. The van der Waals surface area contributed by atoms with E-state index in [0.29, 0.717) is 22.9 Å². The van der Waals surface area contributed by atoms with Crippen molar-refractivity contribution in [2.24, 2.45) is 0 Å². The summed E-state index contributed by atoms with van der Waals surface area (Å²) < 4.78 is 7.12. The van der Waals surface area contributed by atoms with Gasteiger partial charge in [-0.3, -0.25) is 4.79 Å². The van der Waals surface area contributed by atoms with Gasteiger partial charge in [-0.1, -0.05) is 18.7 Å². The number of anilines is 3. The molecule has 3 aromatic rings. The van der Waals surface area contributed by atoms with E-state index >= 15 is 0 Å². The Kier molecular flexibility index (Phi) is 5.18. The first-order valence-electron chi connectivity index (χ1n) is 9.69. The van der Waals surface area contributed by atoms with Crippen molar-refractivity contribution in [3.8, 4) is 5.75 Å². The molecule has 9 nitrogen and oxygen atoms in total. The second-order valence-electron chi connectivity index (χ2n) is 7.12. The van der Waals surface area contributed by atoms with Gasteiger partial charge in [-0.25, -0.2) is 4.98 Å². The number of rotatable bonds is 7. The lowest BCUT2D eigenvalue weighted by Gasteiger charge is -2.15. The zero-order chi connectivity index (χ0) is 21.3. The number of amides is 1. The number of likely N-dealkylation sites (N-methyl/N-ethyl adjacent to an activating group) is 1. The maximum absolute atomic E-state index is 12.2. The van der Waals surface area contributed by atoms with Crippen molar-refractivity contribution in [2.45, 2.75) is 12.5 Å². The summed E-state index contributed by atoms with van der Waals surface area (Å²) in [5, 5.41) is 14.1. The molecule has 3 heterocycles. The number of hydrogen-bond acceptors (Lipinski definition) is 7. The summed E-state index contributed by atoms with van der Waals surface area (Å²) in [4.78, 5) is 18.7. The normalized spacial score (nSPS) is 16.0. The third-order valence-electron chi connectivity index (χ3n) is 5.20. The number of benzene rings is 1. The number of ether oxygens (including phenoxy) is 1. The SMILES string of the molecule is C=C(NC1CCN(C)C1=O)c1cnn2c(NC)cc(Nc3ccccc3OC)nc12. The van der Waals surface area contributed by atoms with E-state index in [1.54, 1.807) is 29.8 Å². The number of fused-ring (bicyclic) bond motifs is 1. The Morgan fingerprint density at radius 1 is 1.33 bits per heavy atom. The molecule has 0 radical (unpaired) electrons. The predicted molar refractivity (Wildman–Crippen MR) is 117 cm³/mol. The van der Waals surface area contributed by atoms with Gasteiger partial charge in [0.15, 0.2) is 5.65 Å². The van der Waals surface area contributed by atoms with E-state index in [2.05, 4.69) is 27.6 Å². The van der Waals surface area contributed by atoms with Crippen LogP contribution in [0, 0.1) is 0 Å². The van der Waals surface area contributed by atoms with Crippen molar-refractivity contribution < 1.29 is 9.53 Å². The van der Waals surface area contributed by atoms with Gasteiger partial charge < -0.3 is 25.6 Å². The van der Waals surface area contributed by atoms with Crippen LogP contribution in [0.5, 0.6) is 5.75 Å². The lowest BCUT2D eigenvalue weighted by atomic mass is 10.2. The molecule has 1 aliphatic heterocycles. The molecule has 30 heavy (non-hydrogen) atoms. The van der Waals surface area contributed by atoms with Gasteiger partial charge in [0, 0.05) is 32.4 Å². The highest BCUT2D eigenvalue weighted by Crippen LogP contribution is 2.29. The fourth-order valence-corrected chi connectivity index (χ4v) is 3.55. The average Bonchev–Trinajstić information content (AvgIpc) is 3.32. The van der Waals surface area contributed by atoms with Gasteiger partial charge >= 0.3 is 0 Å². The predicted octanol–water partition coefficient (Wildman–Crippen LogP) is 2.31. The van der Waals surface area contributed by atoms with Crippen LogP contribution < -0.4 is 20.7 Å². The monoisotopic (exact) mass is 407 g/mol. The molecular formula is C21H25N7O2. The first-order valence-corrected chi connectivity index (χ1v) is 9.69. The molecule has 1 unspecified atom stereocenters. The first kappa shape index (κ1) is 19.6.